The van der Waals surface area contributed by atoms with Crippen LogP contribution in [0.3, 0.4) is 0 Å². The summed E-state index contributed by atoms with van der Waals surface area (Å²) in [4.78, 5) is 14.2. The Balaban J connectivity index is 1.38. The van der Waals surface area contributed by atoms with Crippen LogP contribution < -0.4 is 15.5 Å². The van der Waals surface area contributed by atoms with Gasteiger partial charge in [0.1, 0.15) is 5.82 Å². The van der Waals surface area contributed by atoms with Crippen molar-refractivity contribution in [3.05, 3.63) is 30.1 Å². The number of rotatable bonds is 4. The number of carbonyl (C=O) groups is 1. The molecule has 3 rings (SSSR count). The number of aliphatic hydroxyl groups excluding tert-OH is 1. The predicted molar refractivity (Wildman–Crippen MR) is 91.5 cm³/mol. The van der Waals surface area contributed by atoms with Crippen LogP contribution in [0.25, 0.3) is 0 Å². The first-order valence-corrected chi connectivity index (χ1v) is 8.83. The zero-order valence-corrected chi connectivity index (χ0v) is 13.9. The number of urea groups is 1. The molecule has 24 heavy (non-hydrogen) atoms. The number of aliphatic hydroxyl groups is 1. The summed E-state index contributed by atoms with van der Waals surface area (Å²) in [5.74, 6) is 0.192. The van der Waals surface area contributed by atoms with Gasteiger partial charge in [0.05, 0.1) is 6.10 Å². The highest BCUT2D eigenvalue weighted by molar-refractivity contribution is 5.74. The van der Waals surface area contributed by atoms with Crippen LogP contribution in [-0.2, 0) is 0 Å². The first kappa shape index (κ1) is 17.0. The third-order valence-electron chi connectivity index (χ3n) is 5.06. The lowest BCUT2D eigenvalue weighted by Gasteiger charge is -2.26. The van der Waals surface area contributed by atoms with E-state index in [9.17, 15) is 14.3 Å². The van der Waals surface area contributed by atoms with Crippen LogP contribution in [0.2, 0.25) is 0 Å². The molecular formula is C18H26FN3O2. The fraction of sp³-hybridized carbons (Fsp3) is 0.611. The molecule has 1 atom stereocenters. The van der Waals surface area contributed by atoms with E-state index in [0.717, 1.165) is 50.9 Å². The summed E-state index contributed by atoms with van der Waals surface area (Å²) >= 11 is 0. The minimum atomic E-state index is -0.219. The van der Waals surface area contributed by atoms with Crippen LogP contribution in [0.5, 0.6) is 0 Å². The molecule has 0 radical (unpaired) electrons. The van der Waals surface area contributed by atoms with Gasteiger partial charge in [0, 0.05) is 31.4 Å². The fourth-order valence-corrected chi connectivity index (χ4v) is 3.58. The molecule has 2 aliphatic rings. The monoisotopic (exact) mass is 335 g/mol. The minimum absolute atomic E-state index is 0.114. The van der Waals surface area contributed by atoms with Crippen molar-refractivity contribution in [2.45, 2.75) is 44.2 Å². The first-order chi connectivity index (χ1) is 11.6. The van der Waals surface area contributed by atoms with Gasteiger partial charge >= 0.3 is 6.03 Å². The second-order valence-electron chi connectivity index (χ2n) is 6.94. The normalized spacial score (nSPS) is 27.1. The molecule has 0 bridgehead atoms. The van der Waals surface area contributed by atoms with Gasteiger partial charge in [-0.1, -0.05) is 0 Å². The molecule has 132 valence electrons. The largest absolute Gasteiger partial charge is 0.393 e. The van der Waals surface area contributed by atoms with E-state index >= 15 is 0 Å². The van der Waals surface area contributed by atoms with Gasteiger partial charge in [-0.25, -0.2) is 9.18 Å². The van der Waals surface area contributed by atoms with E-state index in [1.807, 2.05) is 0 Å². The maximum Gasteiger partial charge on any atom is 0.315 e. The molecule has 1 saturated carbocycles. The Hall–Kier alpha value is -1.82. The van der Waals surface area contributed by atoms with Crippen LogP contribution in [0.15, 0.2) is 24.3 Å². The number of hydrogen-bond donors (Lipinski definition) is 3. The zero-order valence-electron chi connectivity index (χ0n) is 13.9. The number of halogens is 1. The van der Waals surface area contributed by atoms with Gasteiger partial charge in [-0.05, 0) is 62.3 Å². The number of benzene rings is 1. The van der Waals surface area contributed by atoms with Gasteiger partial charge in [0.15, 0.2) is 0 Å². The van der Waals surface area contributed by atoms with Crippen molar-refractivity contribution < 1.29 is 14.3 Å². The van der Waals surface area contributed by atoms with Gasteiger partial charge in [-0.2, -0.15) is 0 Å². The average Bonchev–Trinajstić information content (AvgIpc) is 3.05. The summed E-state index contributed by atoms with van der Waals surface area (Å²) in [5, 5.41) is 15.4. The standard InChI is InChI=1S/C18H26FN3O2/c19-14-1-5-16(6-2-14)22-10-9-13(12-22)11-20-18(24)21-15-3-7-17(23)8-4-15/h1-2,5-6,13,15,17,23H,3-4,7-12H2,(H2,20,21,24). The van der Waals surface area contributed by atoms with Gasteiger partial charge in [0.2, 0.25) is 0 Å². The number of hydrogen-bond acceptors (Lipinski definition) is 3. The van der Waals surface area contributed by atoms with Gasteiger partial charge in [-0.15, -0.1) is 0 Å². The smallest absolute Gasteiger partial charge is 0.315 e. The molecule has 1 aliphatic heterocycles. The van der Waals surface area contributed by atoms with E-state index in [4.69, 9.17) is 0 Å². The van der Waals surface area contributed by atoms with E-state index < -0.39 is 0 Å². The predicted octanol–water partition coefficient (Wildman–Crippen LogP) is 2.25. The SMILES string of the molecule is O=C(NCC1CCN(c2ccc(F)cc2)C1)NC1CCC(O)CC1. The highest BCUT2D eigenvalue weighted by atomic mass is 19.1. The average molecular weight is 335 g/mol. The number of nitrogens with one attached hydrogen (secondary N) is 2. The van der Waals surface area contributed by atoms with Crippen LogP contribution in [0.4, 0.5) is 14.9 Å². The molecule has 0 spiro atoms. The number of amides is 2. The Kier molecular flexibility index (Phi) is 5.56. The summed E-state index contributed by atoms with van der Waals surface area (Å²) < 4.78 is 13.0. The van der Waals surface area contributed by atoms with Crippen molar-refractivity contribution in [1.29, 1.82) is 0 Å². The van der Waals surface area contributed by atoms with Crippen molar-refractivity contribution in [3.63, 3.8) is 0 Å². The minimum Gasteiger partial charge on any atom is -0.393 e. The van der Waals surface area contributed by atoms with E-state index in [0.29, 0.717) is 12.5 Å². The second-order valence-corrected chi connectivity index (χ2v) is 6.94. The summed E-state index contributed by atoms with van der Waals surface area (Å²) in [5.41, 5.74) is 1.03. The molecule has 2 amide bonds. The number of carbonyl (C=O) groups excluding carboxylic acids is 1. The molecule has 1 aromatic rings. The highest BCUT2D eigenvalue weighted by Gasteiger charge is 2.24. The van der Waals surface area contributed by atoms with E-state index in [-0.39, 0.29) is 24.0 Å². The van der Waals surface area contributed by atoms with Crippen molar-refractivity contribution in [2.24, 2.45) is 5.92 Å². The Bertz CT molecular complexity index is 544. The van der Waals surface area contributed by atoms with Crippen molar-refractivity contribution >= 4 is 11.7 Å². The van der Waals surface area contributed by atoms with Crippen LogP contribution in [0.1, 0.15) is 32.1 Å². The molecule has 5 nitrogen and oxygen atoms in total. The van der Waals surface area contributed by atoms with Gasteiger partial charge < -0.3 is 20.6 Å². The van der Waals surface area contributed by atoms with Crippen molar-refractivity contribution in [1.82, 2.24) is 10.6 Å². The summed E-state index contributed by atoms with van der Waals surface area (Å²) in [6.07, 6.45) is 4.03. The lowest BCUT2D eigenvalue weighted by molar-refractivity contribution is 0.117. The maximum absolute atomic E-state index is 13.0. The lowest BCUT2D eigenvalue weighted by atomic mass is 9.93. The summed E-state index contributed by atoms with van der Waals surface area (Å²) in [6, 6.07) is 6.62. The quantitative estimate of drug-likeness (QED) is 0.791. The summed E-state index contributed by atoms with van der Waals surface area (Å²) in [6.45, 7) is 2.46. The molecule has 2 fully saturated rings. The fourth-order valence-electron chi connectivity index (χ4n) is 3.58. The first-order valence-electron chi connectivity index (χ1n) is 8.83. The van der Waals surface area contributed by atoms with Gasteiger partial charge in [-0.3, -0.25) is 0 Å². The van der Waals surface area contributed by atoms with Crippen molar-refractivity contribution in [2.75, 3.05) is 24.5 Å². The second kappa shape index (κ2) is 7.83. The van der Waals surface area contributed by atoms with E-state index in [1.165, 1.54) is 12.1 Å². The maximum atomic E-state index is 13.0. The van der Waals surface area contributed by atoms with Crippen LogP contribution in [0, 0.1) is 11.7 Å². The topological polar surface area (TPSA) is 64.6 Å². The molecule has 1 unspecified atom stereocenters. The highest BCUT2D eigenvalue weighted by Crippen LogP contribution is 2.23. The Morgan fingerprint density at radius 1 is 1.17 bits per heavy atom. The van der Waals surface area contributed by atoms with Crippen LogP contribution in [-0.4, -0.2) is 42.9 Å². The molecular weight excluding hydrogens is 309 g/mol. The number of nitrogens with zero attached hydrogens (tertiary/aromatic N) is 1. The van der Waals surface area contributed by atoms with Gasteiger partial charge in [0.25, 0.3) is 0 Å². The molecule has 1 aromatic carbocycles. The third-order valence-corrected chi connectivity index (χ3v) is 5.06. The van der Waals surface area contributed by atoms with Crippen molar-refractivity contribution in [3.8, 4) is 0 Å². The van der Waals surface area contributed by atoms with Crippen LogP contribution >= 0.6 is 0 Å². The number of anilines is 1. The molecule has 1 aliphatic carbocycles. The Morgan fingerprint density at radius 2 is 1.88 bits per heavy atom. The lowest BCUT2D eigenvalue weighted by Crippen LogP contribution is -2.45. The molecule has 1 heterocycles. The summed E-state index contributed by atoms with van der Waals surface area (Å²) in [7, 11) is 0. The van der Waals surface area contributed by atoms with E-state index in [2.05, 4.69) is 15.5 Å². The molecule has 3 N–H and O–H groups in total. The Morgan fingerprint density at radius 3 is 2.58 bits per heavy atom. The molecule has 6 heteroatoms. The molecule has 0 aromatic heterocycles. The third kappa shape index (κ3) is 4.60. The van der Waals surface area contributed by atoms with E-state index in [1.54, 1.807) is 12.1 Å². The zero-order chi connectivity index (χ0) is 16.9. The molecule has 1 saturated heterocycles. The Labute approximate surface area is 142 Å².